The summed E-state index contributed by atoms with van der Waals surface area (Å²) in [6.07, 6.45) is 2.75. The summed E-state index contributed by atoms with van der Waals surface area (Å²) in [5.41, 5.74) is 5.95. The fourth-order valence-corrected chi connectivity index (χ4v) is 3.13. The van der Waals surface area contributed by atoms with E-state index in [1.807, 2.05) is 6.07 Å². The van der Waals surface area contributed by atoms with Gasteiger partial charge in [-0.05, 0) is 43.5 Å². The lowest BCUT2D eigenvalue weighted by Gasteiger charge is -2.18. The second kappa shape index (κ2) is 5.92. The van der Waals surface area contributed by atoms with Crippen LogP contribution in [0, 0.1) is 13.8 Å². The molecule has 4 rings (SSSR count). The van der Waals surface area contributed by atoms with Gasteiger partial charge in [-0.15, -0.1) is 5.10 Å². The van der Waals surface area contributed by atoms with Gasteiger partial charge in [0, 0.05) is 17.9 Å². The van der Waals surface area contributed by atoms with Gasteiger partial charge in [0.2, 0.25) is 5.95 Å². The molecule has 0 radical (unpaired) electrons. The largest absolute Gasteiger partial charge is 0.324 e. The molecular formula is C19H19N5. The number of nitrogens with one attached hydrogen (secondary N) is 1. The predicted molar refractivity (Wildman–Crippen MR) is 96.2 cm³/mol. The Morgan fingerprint density at radius 3 is 2.83 bits per heavy atom. The van der Waals surface area contributed by atoms with Gasteiger partial charge in [0.15, 0.2) is 5.82 Å². The molecule has 0 amide bonds. The smallest absolute Gasteiger partial charge is 0.249 e. The van der Waals surface area contributed by atoms with Crippen molar-refractivity contribution in [3.63, 3.8) is 0 Å². The van der Waals surface area contributed by atoms with Crippen molar-refractivity contribution >= 4 is 23.1 Å². The van der Waals surface area contributed by atoms with Crippen LogP contribution >= 0.6 is 0 Å². The fraction of sp³-hybridized carbons (Fsp3) is 0.211. The monoisotopic (exact) mass is 317 g/mol. The average Bonchev–Trinajstić information content (AvgIpc) is 3.02. The molecule has 1 aromatic heterocycles. The number of aromatic nitrogens is 3. The van der Waals surface area contributed by atoms with Crippen LogP contribution in [0.15, 0.2) is 48.7 Å². The molecule has 0 bridgehead atoms. The maximum atomic E-state index is 4.65. The van der Waals surface area contributed by atoms with Crippen LogP contribution in [0.25, 0.3) is 0 Å². The number of fused-ring (bicyclic) bond motifs is 1. The molecule has 5 nitrogen and oxygen atoms in total. The zero-order chi connectivity index (χ0) is 16.5. The highest BCUT2D eigenvalue weighted by Crippen LogP contribution is 2.33. The van der Waals surface area contributed by atoms with Crippen molar-refractivity contribution in [3.8, 4) is 0 Å². The minimum atomic E-state index is 0.517. The lowest BCUT2D eigenvalue weighted by Crippen LogP contribution is -2.16. The summed E-state index contributed by atoms with van der Waals surface area (Å²) in [6.45, 7) is 5.07. The summed E-state index contributed by atoms with van der Waals surface area (Å²) < 4.78 is 0. The van der Waals surface area contributed by atoms with Gasteiger partial charge >= 0.3 is 0 Å². The third-order valence-electron chi connectivity index (χ3n) is 4.34. The number of hydrogen-bond acceptors (Lipinski definition) is 5. The minimum absolute atomic E-state index is 0.517. The Labute approximate surface area is 141 Å². The maximum Gasteiger partial charge on any atom is 0.249 e. The Hall–Kier alpha value is -2.95. The van der Waals surface area contributed by atoms with E-state index in [0.29, 0.717) is 5.95 Å². The van der Waals surface area contributed by atoms with Crippen molar-refractivity contribution in [2.75, 3.05) is 16.8 Å². The predicted octanol–water partition coefficient (Wildman–Crippen LogP) is 3.93. The Bertz CT molecular complexity index is 890. The molecule has 1 aliphatic heterocycles. The van der Waals surface area contributed by atoms with E-state index >= 15 is 0 Å². The summed E-state index contributed by atoms with van der Waals surface area (Å²) in [6, 6.07) is 14.7. The summed E-state index contributed by atoms with van der Waals surface area (Å²) in [7, 11) is 0. The molecule has 1 aliphatic rings. The summed E-state index contributed by atoms with van der Waals surface area (Å²) in [5.74, 6) is 1.34. The first-order valence-corrected chi connectivity index (χ1v) is 8.10. The summed E-state index contributed by atoms with van der Waals surface area (Å²) in [5, 5.41) is 11.5. The van der Waals surface area contributed by atoms with Crippen LogP contribution in [-0.4, -0.2) is 21.7 Å². The van der Waals surface area contributed by atoms with Gasteiger partial charge in [-0.3, -0.25) is 0 Å². The highest BCUT2D eigenvalue weighted by atomic mass is 15.3. The van der Waals surface area contributed by atoms with E-state index in [-0.39, 0.29) is 0 Å². The van der Waals surface area contributed by atoms with Crippen LogP contribution in [-0.2, 0) is 6.42 Å². The van der Waals surface area contributed by atoms with Crippen molar-refractivity contribution < 1.29 is 0 Å². The third-order valence-corrected chi connectivity index (χ3v) is 4.34. The van der Waals surface area contributed by atoms with Gasteiger partial charge in [-0.2, -0.15) is 10.1 Å². The molecule has 24 heavy (non-hydrogen) atoms. The molecule has 1 N–H and O–H groups in total. The molecule has 0 spiro atoms. The van der Waals surface area contributed by atoms with Gasteiger partial charge in [0.25, 0.3) is 0 Å². The molecule has 5 heteroatoms. The normalized spacial score (nSPS) is 13.0. The van der Waals surface area contributed by atoms with Crippen LogP contribution in [0.5, 0.6) is 0 Å². The highest BCUT2D eigenvalue weighted by molar-refractivity contribution is 5.68. The van der Waals surface area contributed by atoms with Gasteiger partial charge < -0.3 is 10.2 Å². The van der Waals surface area contributed by atoms with Crippen LogP contribution in [0.4, 0.5) is 23.1 Å². The Balaban J connectivity index is 1.63. The molecule has 0 saturated carbocycles. The van der Waals surface area contributed by atoms with E-state index < -0.39 is 0 Å². The number of benzene rings is 2. The van der Waals surface area contributed by atoms with E-state index in [2.05, 4.69) is 75.6 Å². The quantitative estimate of drug-likeness (QED) is 0.793. The van der Waals surface area contributed by atoms with Gasteiger partial charge in [0.05, 0.1) is 6.20 Å². The fourth-order valence-electron chi connectivity index (χ4n) is 3.13. The van der Waals surface area contributed by atoms with E-state index in [1.165, 1.54) is 16.8 Å². The van der Waals surface area contributed by atoms with E-state index in [1.54, 1.807) is 6.20 Å². The number of aryl methyl sites for hydroxylation is 2. The van der Waals surface area contributed by atoms with Crippen LogP contribution < -0.4 is 10.2 Å². The number of rotatable bonds is 3. The molecule has 120 valence electrons. The molecule has 0 aliphatic carbocycles. The Morgan fingerprint density at radius 2 is 1.96 bits per heavy atom. The van der Waals surface area contributed by atoms with Crippen LogP contribution in [0.3, 0.4) is 0 Å². The Morgan fingerprint density at radius 1 is 1.08 bits per heavy atom. The molecule has 3 aromatic rings. The maximum absolute atomic E-state index is 4.65. The zero-order valence-corrected chi connectivity index (χ0v) is 13.8. The molecule has 2 heterocycles. The molecule has 2 aromatic carbocycles. The zero-order valence-electron chi connectivity index (χ0n) is 13.8. The van der Waals surface area contributed by atoms with Gasteiger partial charge in [-0.25, -0.2) is 0 Å². The van der Waals surface area contributed by atoms with Crippen molar-refractivity contribution in [2.45, 2.75) is 20.3 Å². The van der Waals surface area contributed by atoms with Crippen molar-refractivity contribution in [1.29, 1.82) is 0 Å². The molecule has 0 unspecified atom stereocenters. The lowest BCUT2D eigenvalue weighted by molar-refractivity contribution is 0.919. The van der Waals surface area contributed by atoms with Crippen LogP contribution in [0.2, 0.25) is 0 Å². The third kappa shape index (κ3) is 2.69. The molecule has 0 atom stereocenters. The number of para-hydroxylation sites is 1. The first-order valence-electron chi connectivity index (χ1n) is 8.10. The summed E-state index contributed by atoms with van der Waals surface area (Å²) >= 11 is 0. The molecule has 0 saturated heterocycles. The van der Waals surface area contributed by atoms with Crippen molar-refractivity contribution in [1.82, 2.24) is 15.2 Å². The number of nitrogens with zero attached hydrogens (tertiary/aromatic N) is 4. The van der Waals surface area contributed by atoms with E-state index in [9.17, 15) is 0 Å². The SMILES string of the molecule is Cc1ccc(Nc2nncc(N3CCc4ccccc43)n2)c(C)c1. The standard InChI is InChI=1S/C19H19N5/c1-13-7-8-16(14(2)11-13)21-19-22-18(12-20-23-19)24-10-9-15-5-3-4-6-17(15)24/h3-8,11-12H,9-10H2,1-2H3,(H,21,22,23). The minimum Gasteiger partial charge on any atom is -0.324 e. The van der Waals surface area contributed by atoms with Gasteiger partial charge in [-0.1, -0.05) is 35.9 Å². The second-order valence-electron chi connectivity index (χ2n) is 6.11. The second-order valence-corrected chi connectivity index (χ2v) is 6.11. The number of hydrogen-bond donors (Lipinski definition) is 1. The first-order chi connectivity index (χ1) is 11.7. The summed E-state index contributed by atoms with van der Waals surface area (Å²) in [4.78, 5) is 6.85. The highest BCUT2D eigenvalue weighted by Gasteiger charge is 2.21. The Kier molecular flexibility index (Phi) is 3.61. The topological polar surface area (TPSA) is 53.9 Å². The average molecular weight is 317 g/mol. The van der Waals surface area contributed by atoms with Crippen LogP contribution in [0.1, 0.15) is 16.7 Å². The lowest BCUT2D eigenvalue weighted by atomic mass is 10.1. The molecular weight excluding hydrogens is 298 g/mol. The van der Waals surface area contributed by atoms with Crippen molar-refractivity contribution in [3.05, 3.63) is 65.4 Å². The van der Waals surface area contributed by atoms with Crippen molar-refractivity contribution in [2.24, 2.45) is 0 Å². The van der Waals surface area contributed by atoms with E-state index in [4.69, 9.17) is 0 Å². The van der Waals surface area contributed by atoms with E-state index in [0.717, 1.165) is 30.0 Å². The molecule has 0 fully saturated rings. The number of anilines is 4. The first kappa shape index (κ1) is 14.6. The van der Waals surface area contributed by atoms with Gasteiger partial charge in [0.1, 0.15) is 0 Å².